The van der Waals surface area contributed by atoms with E-state index in [4.69, 9.17) is 4.74 Å². The molecule has 10 heteroatoms. The van der Waals surface area contributed by atoms with Crippen molar-refractivity contribution in [1.29, 1.82) is 0 Å². The van der Waals surface area contributed by atoms with Crippen LogP contribution in [0.3, 0.4) is 0 Å². The van der Waals surface area contributed by atoms with E-state index in [1.165, 1.54) is 0 Å². The monoisotopic (exact) mass is 388 g/mol. The van der Waals surface area contributed by atoms with Crippen LogP contribution in [0.25, 0.3) is 0 Å². The van der Waals surface area contributed by atoms with Crippen LogP contribution >= 0.6 is 0 Å². The Morgan fingerprint density at radius 3 is 2.30 bits per heavy atom. The van der Waals surface area contributed by atoms with E-state index in [2.05, 4.69) is 5.32 Å². The maximum Gasteiger partial charge on any atom is 0.333 e. The van der Waals surface area contributed by atoms with Crippen LogP contribution in [0.1, 0.15) is 40.0 Å². The second kappa shape index (κ2) is 8.19. The highest BCUT2D eigenvalue weighted by molar-refractivity contribution is 6.19. The van der Waals surface area contributed by atoms with Gasteiger partial charge in [0.1, 0.15) is 29.8 Å². The first-order valence-corrected chi connectivity index (χ1v) is 9.16. The van der Waals surface area contributed by atoms with Gasteiger partial charge in [0.05, 0.1) is 6.61 Å². The van der Waals surface area contributed by atoms with Crippen molar-refractivity contribution in [2.75, 3.05) is 6.61 Å². The van der Waals surface area contributed by atoms with Crippen LogP contribution in [-0.2, 0) is 14.3 Å². The quantitative estimate of drug-likeness (QED) is 0.351. The lowest BCUT2D eigenvalue weighted by molar-refractivity contribution is -0.258. The Labute approximate surface area is 157 Å². The molecule has 0 aromatic heterocycles. The summed E-state index contributed by atoms with van der Waals surface area (Å²) in [7, 11) is 0. The van der Waals surface area contributed by atoms with Crippen molar-refractivity contribution in [1.82, 2.24) is 10.2 Å². The fraction of sp³-hybridized carbons (Fsp3) is 0.824. The van der Waals surface area contributed by atoms with Crippen molar-refractivity contribution >= 4 is 17.8 Å². The number of imide groups is 2. The van der Waals surface area contributed by atoms with Gasteiger partial charge in [0.15, 0.2) is 6.23 Å². The first-order chi connectivity index (χ1) is 12.7. The highest BCUT2D eigenvalue weighted by Gasteiger charge is 2.59. The minimum absolute atomic E-state index is 0.125. The fourth-order valence-electron chi connectivity index (χ4n) is 3.97. The molecule has 4 amide bonds. The number of carbonyl (C=O) groups is 3. The maximum absolute atomic E-state index is 13.3. The van der Waals surface area contributed by atoms with Crippen LogP contribution < -0.4 is 5.32 Å². The molecule has 0 aromatic carbocycles. The lowest BCUT2D eigenvalue weighted by Crippen LogP contribution is -2.72. The SMILES string of the molecule is CCC[C@@H](C)[C@@]1(CC)C(=O)NC(=O)N([C@@H]2O[C@H](CO)[C@@H](O)[C@H](O)[C@H]2O)C1=O. The van der Waals surface area contributed by atoms with E-state index in [1.54, 1.807) is 13.8 Å². The zero-order valence-electron chi connectivity index (χ0n) is 15.7. The summed E-state index contributed by atoms with van der Waals surface area (Å²) in [5.41, 5.74) is -1.53. The van der Waals surface area contributed by atoms with Gasteiger partial charge in [-0.2, -0.15) is 0 Å². The molecule has 0 aliphatic carbocycles. The third kappa shape index (κ3) is 3.36. The molecule has 2 heterocycles. The number of nitrogens with zero attached hydrogens (tertiary/aromatic N) is 1. The average molecular weight is 388 g/mol. The molecule has 0 aromatic rings. The van der Waals surface area contributed by atoms with Gasteiger partial charge >= 0.3 is 6.03 Å². The van der Waals surface area contributed by atoms with Crippen LogP contribution in [0.15, 0.2) is 0 Å². The van der Waals surface area contributed by atoms with Crippen LogP contribution in [-0.4, -0.2) is 80.4 Å². The Hall–Kier alpha value is -1.59. The zero-order valence-corrected chi connectivity index (χ0v) is 15.7. The molecule has 2 saturated heterocycles. The van der Waals surface area contributed by atoms with Crippen molar-refractivity contribution in [2.45, 2.75) is 70.7 Å². The molecule has 0 unspecified atom stereocenters. The number of urea groups is 1. The number of aliphatic hydroxyl groups excluding tert-OH is 4. The molecule has 2 rings (SSSR count). The summed E-state index contributed by atoms with van der Waals surface area (Å²) < 4.78 is 5.35. The molecule has 0 spiro atoms. The molecule has 0 bridgehead atoms. The summed E-state index contributed by atoms with van der Waals surface area (Å²) in [5.74, 6) is -1.92. The molecule has 27 heavy (non-hydrogen) atoms. The second-order valence-corrected chi connectivity index (χ2v) is 7.17. The van der Waals surface area contributed by atoms with Gasteiger partial charge in [0.2, 0.25) is 11.8 Å². The van der Waals surface area contributed by atoms with Gasteiger partial charge < -0.3 is 25.2 Å². The van der Waals surface area contributed by atoms with Crippen molar-refractivity contribution in [3.05, 3.63) is 0 Å². The normalized spacial score (nSPS) is 38.7. The van der Waals surface area contributed by atoms with Crippen molar-refractivity contribution in [3.63, 3.8) is 0 Å². The first kappa shape index (κ1) is 21.7. The van der Waals surface area contributed by atoms with E-state index < -0.39 is 60.5 Å². The molecule has 7 atom stereocenters. The average Bonchev–Trinajstić information content (AvgIpc) is 2.62. The lowest BCUT2D eigenvalue weighted by atomic mass is 9.69. The number of barbiturate groups is 1. The number of aliphatic hydroxyl groups is 4. The number of rotatable bonds is 6. The minimum Gasteiger partial charge on any atom is -0.394 e. The molecule has 2 fully saturated rings. The molecular formula is C17H28N2O8. The molecule has 0 radical (unpaired) electrons. The number of hydrogen-bond donors (Lipinski definition) is 5. The number of carbonyl (C=O) groups excluding carboxylic acids is 3. The lowest BCUT2D eigenvalue weighted by Gasteiger charge is -2.48. The van der Waals surface area contributed by atoms with E-state index in [-0.39, 0.29) is 12.3 Å². The molecule has 154 valence electrons. The molecule has 5 N–H and O–H groups in total. The predicted molar refractivity (Wildman–Crippen MR) is 90.9 cm³/mol. The van der Waals surface area contributed by atoms with E-state index in [0.29, 0.717) is 11.3 Å². The standard InChI is InChI=1S/C17H28N2O8/c1-4-6-8(3)17(5-2)14(24)18-16(26)19(15(17)25)13-12(23)11(22)10(21)9(7-20)27-13/h8-13,20-23H,4-7H2,1-3H3,(H,18,24,26)/t8-,9-,10-,11+,12-,13-,17+/m1/s1. The van der Waals surface area contributed by atoms with Crippen molar-refractivity contribution in [3.8, 4) is 0 Å². The fourth-order valence-corrected chi connectivity index (χ4v) is 3.97. The van der Waals surface area contributed by atoms with Crippen LogP contribution in [0.5, 0.6) is 0 Å². The Morgan fingerprint density at radius 2 is 1.78 bits per heavy atom. The van der Waals surface area contributed by atoms with Crippen molar-refractivity contribution < 1.29 is 39.5 Å². The Kier molecular flexibility index (Phi) is 6.59. The smallest absolute Gasteiger partial charge is 0.333 e. The van der Waals surface area contributed by atoms with E-state index in [0.717, 1.165) is 6.42 Å². The van der Waals surface area contributed by atoms with Gasteiger partial charge in [-0.3, -0.25) is 14.9 Å². The highest BCUT2D eigenvalue weighted by atomic mass is 16.6. The Balaban J connectivity index is 2.44. The summed E-state index contributed by atoms with van der Waals surface area (Å²) in [4.78, 5) is 38.9. The van der Waals surface area contributed by atoms with Gasteiger partial charge in [-0.15, -0.1) is 0 Å². The molecule has 2 aliphatic rings. The van der Waals surface area contributed by atoms with Crippen LogP contribution in [0, 0.1) is 11.3 Å². The first-order valence-electron chi connectivity index (χ1n) is 9.16. The molecule has 0 saturated carbocycles. The summed E-state index contributed by atoms with van der Waals surface area (Å²) >= 11 is 0. The minimum atomic E-state index is -1.80. The van der Waals surface area contributed by atoms with Gasteiger partial charge in [-0.1, -0.05) is 27.2 Å². The molecule has 10 nitrogen and oxygen atoms in total. The molecule has 2 aliphatic heterocycles. The number of nitrogens with one attached hydrogen (secondary N) is 1. The third-order valence-electron chi connectivity index (χ3n) is 5.69. The number of ether oxygens (including phenoxy) is 1. The van der Waals surface area contributed by atoms with Crippen LogP contribution in [0.4, 0.5) is 4.79 Å². The third-order valence-corrected chi connectivity index (χ3v) is 5.69. The topological polar surface area (TPSA) is 157 Å². The van der Waals surface area contributed by atoms with E-state index >= 15 is 0 Å². The summed E-state index contributed by atoms with van der Waals surface area (Å²) in [5, 5.41) is 41.6. The largest absolute Gasteiger partial charge is 0.394 e. The van der Waals surface area contributed by atoms with Crippen molar-refractivity contribution in [2.24, 2.45) is 11.3 Å². The summed E-state index contributed by atoms with van der Waals surface area (Å²) in [6, 6.07) is -1.08. The Morgan fingerprint density at radius 1 is 1.15 bits per heavy atom. The Bertz CT molecular complexity index is 597. The van der Waals surface area contributed by atoms with Gasteiger partial charge in [-0.25, -0.2) is 9.69 Å². The maximum atomic E-state index is 13.3. The van der Waals surface area contributed by atoms with Gasteiger partial charge in [-0.05, 0) is 18.8 Å². The summed E-state index contributed by atoms with van der Waals surface area (Å²) in [6.07, 6.45) is -6.70. The second-order valence-electron chi connectivity index (χ2n) is 7.17. The predicted octanol–water partition coefficient (Wildman–Crippen LogP) is -1.30. The van der Waals surface area contributed by atoms with Gasteiger partial charge in [0, 0.05) is 0 Å². The van der Waals surface area contributed by atoms with Gasteiger partial charge in [0.25, 0.3) is 0 Å². The van der Waals surface area contributed by atoms with E-state index in [9.17, 15) is 34.8 Å². The summed E-state index contributed by atoms with van der Waals surface area (Å²) in [6.45, 7) is 4.61. The van der Waals surface area contributed by atoms with Crippen LogP contribution in [0.2, 0.25) is 0 Å². The highest BCUT2D eigenvalue weighted by Crippen LogP contribution is 2.40. The number of amides is 4. The van der Waals surface area contributed by atoms with E-state index in [1.807, 2.05) is 6.92 Å². The molecular weight excluding hydrogens is 360 g/mol. The number of hydrogen-bond acceptors (Lipinski definition) is 8. The zero-order chi connectivity index (χ0) is 20.5.